The average Bonchev–Trinajstić information content (AvgIpc) is 2.75. The number of hydrogen-bond donors (Lipinski definition) is 1. The fourth-order valence-electron chi connectivity index (χ4n) is 1.35. The summed E-state index contributed by atoms with van der Waals surface area (Å²) in [5.41, 5.74) is -0.946. The van der Waals surface area contributed by atoms with Crippen LogP contribution in [0.3, 0.4) is 0 Å². The molecule has 0 saturated heterocycles. The van der Waals surface area contributed by atoms with E-state index in [9.17, 15) is 18.0 Å². The standard InChI is InChI=1S/C12H20F3N3O2S/c1-21(2,3)9-8-20-11(19)16-5-7-18-6-4-10(17-18)12(13,14)15/h4,6H,5,7-9H2,1-3H3,(H,16,19). The highest BCUT2D eigenvalue weighted by Crippen LogP contribution is 2.33. The van der Waals surface area contributed by atoms with E-state index < -0.39 is 28.0 Å². The minimum Gasteiger partial charge on any atom is -0.449 e. The van der Waals surface area contributed by atoms with E-state index in [1.165, 1.54) is 6.20 Å². The Morgan fingerprint density at radius 1 is 1.43 bits per heavy atom. The number of carbonyl (C=O) groups excluding carboxylic acids is 1. The van der Waals surface area contributed by atoms with Gasteiger partial charge in [-0.05, 0) is 24.8 Å². The first kappa shape index (κ1) is 17.7. The first-order valence-corrected chi connectivity index (χ1v) is 9.28. The molecule has 0 bridgehead atoms. The van der Waals surface area contributed by atoms with Crippen molar-refractivity contribution < 1.29 is 22.7 Å². The van der Waals surface area contributed by atoms with E-state index in [4.69, 9.17) is 4.74 Å². The van der Waals surface area contributed by atoms with Crippen LogP contribution in [-0.2, 0) is 17.5 Å². The Kier molecular flexibility index (Phi) is 5.94. The monoisotopic (exact) mass is 327 g/mol. The van der Waals surface area contributed by atoms with E-state index >= 15 is 0 Å². The van der Waals surface area contributed by atoms with Gasteiger partial charge in [0.1, 0.15) is 6.61 Å². The largest absolute Gasteiger partial charge is 0.449 e. The molecule has 1 heterocycles. The zero-order valence-corrected chi connectivity index (χ0v) is 13.1. The predicted molar refractivity (Wildman–Crippen MR) is 76.8 cm³/mol. The van der Waals surface area contributed by atoms with Gasteiger partial charge in [-0.3, -0.25) is 4.68 Å². The van der Waals surface area contributed by atoms with Gasteiger partial charge in [0, 0.05) is 18.5 Å². The Bertz CT molecular complexity index is 469. The van der Waals surface area contributed by atoms with Crippen molar-refractivity contribution in [1.29, 1.82) is 0 Å². The van der Waals surface area contributed by atoms with E-state index in [-0.39, 0.29) is 13.1 Å². The van der Waals surface area contributed by atoms with Crippen LogP contribution in [-0.4, -0.2) is 53.5 Å². The van der Waals surface area contributed by atoms with E-state index in [1.807, 2.05) is 0 Å². The van der Waals surface area contributed by atoms with Crippen molar-refractivity contribution in [2.75, 3.05) is 37.7 Å². The zero-order chi connectivity index (χ0) is 16.1. The number of amides is 1. The molecule has 0 aromatic carbocycles. The van der Waals surface area contributed by atoms with Gasteiger partial charge in [-0.1, -0.05) is 0 Å². The molecule has 1 amide bonds. The van der Waals surface area contributed by atoms with Crippen LogP contribution in [0.15, 0.2) is 12.3 Å². The summed E-state index contributed by atoms with van der Waals surface area (Å²) in [6.45, 7) is 0.639. The molecule has 0 atom stereocenters. The third kappa shape index (κ3) is 7.26. The van der Waals surface area contributed by atoms with Crippen molar-refractivity contribution in [2.24, 2.45) is 0 Å². The first-order chi connectivity index (χ1) is 9.58. The number of nitrogens with one attached hydrogen (secondary N) is 1. The van der Waals surface area contributed by atoms with Crippen LogP contribution in [0.1, 0.15) is 5.69 Å². The molecule has 1 aromatic rings. The molecular weight excluding hydrogens is 307 g/mol. The van der Waals surface area contributed by atoms with Gasteiger partial charge < -0.3 is 10.1 Å². The summed E-state index contributed by atoms with van der Waals surface area (Å²) in [5, 5.41) is 5.85. The molecule has 1 N–H and O–H groups in total. The van der Waals surface area contributed by atoms with Crippen molar-refractivity contribution >= 4 is 16.1 Å². The maximum atomic E-state index is 12.3. The summed E-state index contributed by atoms with van der Waals surface area (Å²) in [6.07, 6.45) is 2.55. The number of halogens is 3. The number of alkyl halides is 3. The Balaban J connectivity index is 2.24. The molecule has 122 valence electrons. The number of ether oxygens (including phenoxy) is 1. The number of nitrogens with zero attached hydrogens (tertiary/aromatic N) is 2. The normalized spacial score (nSPS) is 13.0. The summed E-state index contributed by atoms with van der Waals surface area (Å²) in [7, 11) is -0.720. The van der Waals surface area contributed by atoms with Gasteiger partial charge in [0.05, 0.1) is 6.54 Å². The fraction of sp³-hybridized carbons (Fsp3) is 0.667. The molecule has 0 spiro atoms. The highest BCUT2D eigenvalue weighted by Gasteiger charge is 2.33. The smallest absolute Gasteiger partial charge is 0.435 e. The summed E-state index contributed by atoms with van der Waals surface area (Å²) < 4.78 is 43.1. The Morgan fingerprint density at radius 3 is 2.62 bits per heavy atom. The molecular formula is C12H20F3N3O2S. The molecule has 0 radical (unpaired) electrons. The number of rotatable bonds is 6. The second-order valence-corrected chi connectivity index (χ2v) is 9.91. The summed E-state index contributed by atoms with van der Waals surface area (Å²) >= 11 is 0. The average molecular weight is 327 g/mol. The fourth-order valence-corrected chi connectivity index (χ4v) is 1.93. The number of alkyl carbamates (subject to hydrolysis) is 1. The summed E-state index contributed by atoms with van der Waals surface area (Å²) in [5.74, 6) is 0.814. The molecule has 9 heteroatoms. The van der Waals surface area contributed by atoms with Crippen LogP contribution in [0.2, 0.25) is 0 Å². The van der Waals surface area contributed by atoms with Crippen molar-refractivity contribution in [2.45, 2.75) is 12.7 Å². The lowest BCUT2D eigenvalue weighted by molar-refractivity contribution is -0.141. The zero-order valence-electron chi connectivity index (χ0n) is 12.2. The lowest BCUT2D eigenvalue weighted by atomic mass is 10.4. The van der Waals surface area contributed by atoms with Crippen molar-refractivity contribution in [1.82, 2.24) is 15.1 Å². The second-order valence-electron chi connectivity index (χ2n) is 5.32. The van der Waals surface area contributed by atoms with Crippen molar-refractivity contribution in [3.63, 3.8) is 0 Å². The van der Waals surface area contributed by atoms with Crippen LogP contribution in [0.5, 0.6) is 0 Å². The molecule has 5 nitrogen and oxygen atoms in total. The third-order valence-corrected chi connectivity index (χ3v) is 3.86. The predicted octanol–water partition coefficient (Wildman–Crippen LogP) is 2.32. The topological polar surface area (TPSA) is 56.1 Å². The molecule has 0 aliphatic heterocycles. The minimum absolute atomic E-state index is 0.149. The van der Waals surface area contributed by atoms with Crippen LogP contribution in [0.25, 0.3) is 0 Å². The molecule has 21 heavy (non-hydrogen) atoms. The van der Waals surface area contributed by atoms with Crippen LogP contribution >= 0.6 is 10.0 Å². The minimum atomic E-state index is -4.45. The quantitative estimate of drug-likeness (QED) is 0.872. The van der Waals surface area contributed by atoms with Crippen molar-refractivity contribution in [3.8, 4) is 0 Å². The van der Waals surface area contributed by atoms with Gasteiger partial charge in [-0.25, -0.2) is 14.8 Å². The second kappa shape index (κ2) is 7.06. The molecule has 0 unspecified atom stereocenters. The first-order valence-electron chi connectivity index (χ1n) is 6.25. The lowest BCUT2D eigenvalue weighted by Gasteiger charge is -2.24. The van der Waals surface area contributed by atoms with E-state index in [1.54, 1.807) is 0 Å². The molecule has 0 saturated carbocycles. The van der Waals surface area contributed by atoms with E-state index in [0.717, 1.165) is 16.5 Å². The van der Waals surface area contributed by atoms with Gasteiger partial charge in [-0.15, -0.1) is 0 Å². The van der Waals surface area contributed by atoms with Crippen LogP contribution in [0.4, 0.5) is 18.0 Å². The SMILES string of the molecule is CS(C)(C)CCOC(=O)NCCn1ccc(C(F)(F)F)n1. The Morgan fingerprint density at radius 2 is 2.10 bits per heavy atom. The van der Waals surface area contributed by atoms with Crippen LogP contribution < -0.4 is 5.32 Å². The molecule has 1 rings (SSSR count). The van der Waals surface area contributed by atoms with Crippen LogP contribution in [0, 0.1) is 0 Å². The van der Waals surface area contributed by atoms with Gasteiger partial charge in [-0.2, -0.15) is 18.3 Å². The molecule has 0 aliphatic rings. The highest BCUT2D eigenvalue weighted by molar-refractivity contribution is 8.32. The third-order valence-electron chi connectivity index (χ3n) is 2.47. The highest BCUT2D eigenvalue weighted by atomic mass is 32.3. The van der Waals surface area contributed by atoms with E-state index in [0.29, 0.717) is 6.61 Å². The number of hydrogen-bond acceptors (Lipinski definition) is 3. The number of aromatic nitrogens is 2. The van der Waals surface area contributed by atoms with Gasteiger partial charge >= 0.3 is 12.3 Å². The summed E-state index contributed by atoms with van der Waals surface area (Å²) in [4.78, 5) is 11.3. The maximum absolute atomic E-state index is 12.3. The molecule has 0 aliphatic carbocycles. The maximum Gasteiger partial charge on any atom is 0.435 e. The molecule has 1 aromatic heterocycles. The lowest BCUT2D eigenvalue weighted by Crippen LogP contribution is -2.29. The Labute approximate surface area is 123 Å². The Hall–Kier alpha value is -1.38. The number of carbonyl (C=O) groups is 1. The van der Waals surface area contributed by atoms with E-state index in [2.05, 4.69) is 29.2 Å². The van der Waals surface area contributed by atoms with Gasteiger partial charge in [0.25, 0.3) is 0 Å². The summed E-state index contributed by atoms with van der Waals surface area (Å²) in [6, 6.07) is 0.893. The van der Waals surface area contributed by atoms with Crippen molar-refractivity contribution in [3.05, 3.63) is 18.0 Å². The van der Waals surface area contributed by atoms with Gasteiger partial charge in [0.2, 0.25) is 0 Å². The molecule has 0 fully saturated rings. The van der Waals surface area contributed by atoms with Gasteiger partial charge in [0.15, 0.2) is 5.69 Å².